The molecular formula is C19H20N4O4S. The third kappa shape index (κ3) is 4.20. The van der Waals surface area contributed by atoms with Crippen molar-refractivity contribution in [3.63, 3.8) is 0 Å². The highest BCUT2D eigenvalue weighted by Crippen LogP contribution is 2.26. The van der Waals surface area contributed by atoms with E-state index in [0.717, 1.165) is 4.88 Å². The molecule has 3 rings (SSSR count). The average molecular weight is 400 g/mol. The van der Waals surface area contributed by atoms with Crippen molar-refractivity contribution in [2.75, 3.05) is 18.0 Å². The first kappa shape index (κ1) is 19.6. The lowest BCUT2D eigenvalue weighted by Crippen LogP contribution is -2.28. The Balaban J connectivity index is 1.79. The zero-order chi connectivity index (χ0) is 20.1. The summed E-state index contributed by atoms with van der Waals surface area (Å²) in [6.07, 6.45) is 1.49. The van der Waals surface area contributed by atoms with Gasteiger partial charge in [-0.2, -0.15) is 0 Å². The third-order valence-electron chi connectivity index (χ3n) is 4.25. The van der Waals surface area contributed by atoms with Crippen LogP contribution in [0.1, 0.15) is 29.9 Å². The first-order chi connectivity index (χ1) is 13.5. The van der Waals surface area contributed by atoms with E-state index < -0.39 is 10.8 Å². The number of non-ortho nitro benzene ring substituents is 1. The van der Waals surface area contributed by atoms with Gasteiger partial charge in [0, 0.05) is 30.9 Å². The van der Waals surface area contributed by atoms with E-state index in [9.17, 15) is 14.9 Å². The minimum Gasteiger partial charge on any atom is -0.443 e. The molecule has 0 bridgehead atoms. The van der Waals surface area contributed by atoms with Crippen LogP contribution >= 0.6 is 11.3 Å². The van der Waals surface area contributed by atoms with E-state index in [-0.39, 0.29) is 17.8 Å². The van der Waals surface area contributed by atoms with Crippen molar-refractivity contribution in [2.45, 2.75) is 20.4 Å². The van der Waals surface area contributed by atoms with Crippen LogP contribution in [0.25, 0.3) is 10.8 Å². The van der Waals surface area contributed by atoms with Gasteiger partial charge in [0.2, 0.25) is 5.89 Å². The van der Waals surface area contributed by atoms with Crippen LogP contribution in [0.3, 0.4) is 0 Å². The first-order valence-corrected chi connectivity index (χ1v) is 9.71. The van der Waals surface area contributed by atoms with Crippen molar-refractivity contribution in [1.82, 2.24) is 10.3 Å². The number of anilines is 1. The van der Waals surface area contributed by atoms with Gasteiger partial charge in [-0.1, -0.05) is 6.07 Å². The molecule has 28 heavy (non-hydrogen) atoms. The first-order valence-electron chi connectivity index (χ1n) is 8.83. The lowest BCUT2D eigenvalue weighted by atomic mass is 10.1. The van der Waals surface area contributed by atoms with Gasteiger partial charge in [0.1, 0.15) is 6.26 Å². The van der Waals surface area contributed by atoms with E-state index in [1.54, 1.807) is 6.07 Å². The Morgan fingerprint density at radius 1 is 1.32 bits per heavy atom. The maximum absolute atomic E-state index is 12.8. The van der Waals surface area contributed by atoms with Crippen molar-refractivity contribution >= 4 is 28.6 Å². The fraction of sp³-hybridized carbons (Fsp3) is 0.263. The highest BCUT2D eigenvalue weighted by atomic mass is 32.1. The van der Waals surface area contributed by atoms with Crippen molar-refractivity contribution < 1.29 is 14.1 Å². The summed E-state index contributed by atoms with van der Waals surface area (Å²) in [5, 5.41) is 15.8. The van der Waals surface area contributed by atoms with Crippen LogP contribution in [0, 0.1) is 10.1 Å². The summed E-state index contributed by atoms with van der Waals surface area (Å²) in [5.74, 6) is 0.102. The fourth-order valence-corrected chi connectivity index (χ4v) is 3.48. The lowest BCUT2D eigenvalue weighted by molar-refractivity contribution is -0.384. The predicted molar refractivity (Wildman–Crippen MR) is 108 cm³/mol. The molecule has 0 unspecified atom stereocenters. The Morgan fingerprint density at radius 3 is 2.75 bits per heavy atom. The van der Waals surface area contributed by atoms with E-state index in [1.165, 1.54) is 29.7 Å². The molecule has 0 saturated carbocycles. The van der Waals surface area contributed by atoms with E-state index in [2.05, 4.69) is 10.3 Å². The summed E-state index contributed by atoms with van der Waals surface area (Å²) in [4.78, 5) is 30.6. The average Bonchev–Trinajstić information content (AvgIpc) is 3.38. The SMILES string of the molecule is CCN(CC)c1ccc([N+](=O)[O-])cc1C(=O)NCc1coc(-c2cccs2)n1. The van der Waals surface area contributed by atoms with Crippen LogP contribution < -0.4 is 10.2 Å². The highest BCUT2D eigenvalue weighted by molar-refractivity contribution is 7.13. The normalized spacial score (nSPS) is 10.6. The van der Waals surface area contributed by atoms with Gasteiger partial charge >= 0.3 is 0 Å². The van der Waals surface area contributed by atoms with Crippen LogP contribution in [0.4, 0.5) is 11.4 Å². The van der Waals surface area contributed by atoms with Crippen molar-refractivity contribution in [2.24, 2.45) is 0 Å². The predicted octanol–water partition coefficient (Wildman–Crippen LogP) is 4.09. The van der Waals surface area contributed by atoms with Gasteiger partial charge in [0.15, 0.2) is 0 Å². The largest absolute Gasteiger partial charge is 0.443 e. The molecular weight excluding hydrogens is 380 g/mol. The second kappa shape index (κ2) is 8.66. The molecule has 0 spiro atoms. The van der Waals surface area contributed by atoms with Crippen molar-refractivity contribution in [1.29, 1.82) is 0 Å². The maximum Gasteiger partial charge on any atom is 0.270 e. The molecule has 1 aromatic carbocycles. The molecule has 8 nitrogen and oxygen atoms in total. The molecule has 0 aliphatic carbocycles. The van der Waals surface area contributed by atoms with Gasteiger partial charge in [-0.05, 0) is 31.4 Å². The molecule has 3 aromatic rings. The summed E-state index contributed by atoms with van der Waals surface area (Å²) >= 11 is 1.51. The minimum atomic E-state index is -0.506. The Labute approximate surface area is 166 Å². The smallest absolute Gasteiger partial charge is 0.270 e. The number of hydrogen-bond acceptors (Lipinski definition) is 7. The number of nitro benzene ring substituents is 1. The number of benzene rings is 1. The van der Waals surface area contributed by atoms with E-state index in [4.69, 9.17) is 4.42 Å². The van der Waals surface area contributed by atoms with Crippen LogP contribution in [0.2, 0.25) is 0 Å². The Morgan fingerprint density at radius 2 is 2.11 bits per heavy atom. The molecule has 2 aromatic heterocycles. The molecule has 0 aliphatic heterocycles. The van der Waals surface area contributed by atoms with Crippen molar-refractivity contribution in [3.8, 4) is 10.8 Å². The number of nitrogens with one attached hydrogen (secondary N) is 1. The lowest BCUT2D eigenvalue weighted by Gasteiger charge is -2.23. The van der Waals surface area contributed by atoms with E-state index in [1.807, 2.05) is 36.3 Å². The highest BCUT2D eigenvalue weighted by Gasteiger charge is 2.20. The maximum atomic E-state index is 12.8. The molecule has 0 fully saturated rings. The molecule has 1 N–H and O–H groups in total. The number of carbonyl (C=O) groups excluding carboxylic acids is 1. The monoisotopic (exact) mass is 400 g/mol. The number of hydrogen-bond donors (Lipinski definition) is 1. The number of aromatic nitrogens is 1. The van der Waals surface area contributed by atoms with E-state index in [0.29, 0.717) is 30.4 Å². The van der Waals surface area contributed by atoms with Gasteiger partial charge < -0.3 is 14.6 Å². The second-order valence-electron chi connectivity index (χ2n) is 5.93. The molecule has 1 amide bonds. The summed E-state index contributed by atoms with van der Waals surface area (Å²) in [5.41, 5.74) is 1.38. The van der Waals surface area contributed by atoms with Crippen LogP contribution in [0.5, 0.6) is 0 Å². The summed E-state index contributed by atoms with van der Waals surface area (Å²) in [6.45, 7) is 5.46. The van der Waals surface area contributed by atoms with Crippen LogP contribution in [-0.2, 0) is 6.54 Å². The van der Waals surface area contributed by atoms with Gasteiger partial charge in [0.05, 0.1) is 27.6 Å². The zero-order valence-corrected chi connectivity index (χ0v) is 16.4. The summed E-state index contributed by atoms with van der Waals surface area (Å²) in [7, 11) is 0. The molecule has 0 atom stereocenters. The molecule has 146 valence electrons. The number of oxazole rings is 1. The van der Waals surface area contributed by atoms with Crippen LogP contribution in [0.15, 0.2) is 46.4 Å². The third-order valence-corrected chi connectivity index (χ3v) is 5.11. The summed E-state index contributed by atoms with van der Waals surface area (Å²) in [6, 6.07) is 8.14. The quantitative estimate of drug-likeness (QED) is 0.451. The number of thiophene rings is 1. The number of carbonyl (C=O) groups is 1. The molecule has 2 heterocycles. The molecule has 0 aliphatic rings. The van der Waals surface area contributed by atoms with Gasteiger partial charge in [-0.15, -0.1) is 11.3 Å². The number of nitrogens with zero attached hydrogens (tertiary/aromatic N) is 3. The van der Waals surface area contributed by atoms with Crippen LogP contribution in [-0.4, -0.2) is 28.9 Å². The molecule has 9 heteroatoms. The van der Waals surface area contributed by atoms with Gasteiger partial charge in [-0.3, -0.25) is 14.9 Å². The molecule has 0 radical (unpaired) electrons. The number of amides is 1. The second-order valence-corrected chi connectivity index (χ2v) is 6.88. The zero-order valence-electron chi connectivity index (χ0n) is 15.5. The number of rotatable bonds is 8. The van der Waals surface area contributed by atoms with Gasteiger partial charge in [-0.25, -0.2) is 4.98 Å². The Bertz CT molecular complexity index is 964. The van der Waals surface area contributed by atoms with E-state index >= 15 is 0 Å². The standard InChI is InChI=1S/C19H20N4O4S/c1-3-22(4-2)16-8-7-14(23(25)26)10-15(16)18(24)20-11-13-12-27-19(21-13)17-6-5-9-28-17/h5-10,12H,3-4,11H2,1-2H3,(H,20,24). The fourth-order valence-electron chi connectivity index (χ4n) is 2.83. The molecule has 0 saturated heterocycles. The van der Waals surface area contributed by atoms with Crippen molar-refractivity contribution in [3.05, 3.63) is 63.3 Å². The number of nitro groups is 1. The Hall–Kier alpha value is -3.20. The van der Waals surface area contributed by atoms with Gasteiger partial charge in [0.25, 0.3) is 11.6 Å². The summed E-state index contributed by atoms with van der Waals surface area (Å²) < 4.78 is 5.44. The topological polar surface area (TPSA) is 102 Å². The Kier molecular flexibility index (Phi) is 6.05. The minimum absolute atomic E-state index is 0.123.